The Morgan fingerprint density at radius 3 is 2.47 bits per heavy atom. The Hall–Kier alpha value is -2.86. The van der Waals surface area contributed by atoms with Crippen LogP contribution in [-0.2, 0) is 6.42 Å². The molecule has 0 bridgehead atoms. The Morgan fingerprint density at radius 2 is 1.84 bits per heavy atom. The number of likely N-dealkylation sites (tertiary alicyclic amines) is 1. The fourth-order valence-corrected chi connectivity index (χ4v) is 4.48. The second-order valence-corrected chi connectivity index (χ2v) is 8.87. The van der Waals surface area contributed by atoms with Crippen LogP contribution in [0, 0.1) is 19.8 Å². The van der Waals surface area contributed by atoms with Crippen molar-refractivity contribution in [1.29, 1.82) is 0 Å². The molecule has 0 atom stereocenters. The number of aromatic nitrogens is 3. The smallest absolute Gasteiger partial charge is 0.274 e. The van der Waals surface area contributed by atoms with E-state index in [1.807, 2.05) is 36.9 Å². The number of hydrogen-bond acceptors (Lipinski definition) is 4. The highest BCUT2D eigenvalue weighted by molar-refractivity contribution is 6.33. The van der Waals surface area contributed by atoms with Crippen molar-refractivity contribution in [3.8, 4) is 11.6 Å². The van der Waals surface area contributed by atoms with Gasteiger partial charge >= 0.3 is 0 Å². The van der Waals surface area contributed by atoms with Gasteiger partial charge in [0, 0.05) is 18.8 Å². The van der Waals surface area contributed by atoms with Crippen molar-refractivity contribution in [1.82, 2.24) is 19.7 Å². The average molecular weight is 453 g/mol. The van der Waals surface area contributed by atoms with E-state index in [0.717, 1.165) is 55.9 Å². The molecule has 1 aliphatic rings. The number of rotatable bonds is 6. The number of carbonyl (C=O) groups is 1. The van der Waals surface area contributed by atoms with Crippen LogP contribution in [0.1, 0.15) is 46.7 Å². The SMILES string of the molecule is COc1ccc(CCC2CCN(C(=O)c3nc(-n4nc(C)cc4C)ccc3Cl)CC2)cc1. The van der Waals surface area contributed by atoms with E-state index in [2.05, 4.69) is 22.2 Å². The first-order valence-corrected chi connectivity index (χ1v) is 11.4. The standard InChI is InChI=1S/C25H29ClN4O2/c1-17-16-18(2)30(28-17)23-11-10-22(26)24(27-23)25(31)29-14-12-20(13-15-29)5-4-19-6-8-21(32-3)9-7-19/h6-11,16,20H,4-5,12-15H2,1-3H3. The summed E-state index contributed by atoms with van der Waals surface area (Å²) in [6.07, 6.45) is 4.16. The lowest BCUT2D eigenvalue weighted by molar-refractivity contribution is 0.0681. The van der Waals surface area contributed by atoms with Gasteiger partial charge in [0.2, 0.25) is 0 Å². The zero-order valence-electron chi connectivity index (χ0n) is 18.8. The second-order valence-electron chi connectivity index (χ2n) is 8.46. The molecule has 0 N–H and O–H groups in total. The lowest BCUT2D eigenvalue weighted by atomic mass is 9.90. The number of hydrogen-bond donors (Lipinski definition) is 0. The van der Waals surface area contributed by atoms with Gasteiger partial charge in [-0.05, 0) is 81.3 Å². The molecule has 1 amide bonds. The summed E-state index contributed by atoms with van der Waals surface area (Å²) in [7, 11) is 1.68. The quantitative estimate of drug-likeness (QED) is 0.526. The van der Waals surface area contributed by atoms with Crippen molar-refractivity contribution in [2.45, 2.75) is 39.5 Å². The van der Waals surface area contributed by atoms with Gasteiger partial charge in [0.1, 0.15) is 11.4 Å². The van der Waals surface area contributed by atoms with Crippen LogP contribution in [-0.4, -0.2) is 45.8 Å². The Kier molecular flexibility index (Phi) is 6.80. The van der Waals surface area contributed by atoms with Crippen LogP contribution in [0.2, 0.25) is 5.02 Å². The largest absolute Gasteiger partial charge is 0.497 e. The molecule has 1 aliphatic heterocycles. The minimum Gasteiger partial charge on any atom is -0.497 e. The van der Waals surface area contributed by atoms with Gasteiger partial charge in [-0.1, -0.05) is 23.7 Å². The maximum atomic E-state index is 13.2. The highest BCUT2D eigenvalue weighted by Crippen LogP contribution is 2.26. The summed E-state index contributed by atoms with van der Waals surface area (Å²) < 4.78 is 6.97. The number of amides is 1. The van der Waals surface area contributed by atoms with Gasteiger partial charge in [0.15, 0.2) is 5.82 Å². The zero-order valence-corrected chi connectivity index (χ0v) is 19.6. The molecular weight excluding hydrogens is 424 g/mol. The molecule has 7 heteroatoms. The molecular formula is C25H29ClN4O2. The van der Waals surface area contributed by atoms with E-state index in [-0.39, 0.29) is 5.91 Å². The molecule has 1 fully saturated rings. The first-order chi connectivity index (χ1) is 15.4. The normalized spacial score (nSPS) is 14.6. The minimum absolute atomic E-state index is 0.105. The summed E-state index contributed by atoms with van der Waals surface area (Å²) >= 11 is 6.36. The van der Waals surface area contributed by atoms with E-state index in [4.69, 9.17) is 16.3 Å². The fraction of sp³-hybridized carbons (Fsp3) is 0.400. The van der Waals surface area contributed by atoms with Gasteiger partial charge in [-0.2, -0.15) is 5.10 Å². The molecule has 3 aromatic rings. The maximum absolute atomic E-state index is 13.2. The van der Waals surface area contributed by atoms with E-state index in [0.29, 0.717) is 22.5 Å². The third-order valence-electron chi connectivity index (χ3n) is 6.16. The number of aryl methyl sites for hydroxylation is 3. The van der Waals surface area contributed by atoms with E-state index in [1.165, 1.54) is 5.56 Å². The van der Waals surface area contributed by atoms with Crippen LogP contribution in [0.15, 0.2) is 42.5 Å². The van der Waals surface area contributed by atoms with Gasteiger partial charge in [0.05, 0.1) is 17.8 Å². The Balaban J connectivity index is 1.36. The molecule has 4 rings (SSSR count). The molecule has 32 heavy (non-hydrogen) atoms. The topological polar surface area (TPSA) is 60.2 Å². The van der Waals surface area contributed by atoms with Crippen LogP contribution >= 0.6 is 11.6 Å². The van der Waals surface area contributed by atoms with Crippen LogP contribution < -0.4 is 4.74 Å². The summed E-state index contributed by atoms with van der Waals surface area (Å²) in [6, 6.07) is 13.8. The van der Waals surface area contributed by atoms with Gasteiger partial charge in [-0.3, -0.25) is 4.79 Å². The third-order valence-corrected chi connectivity index (χ3v) is 6.47. The van der Waals surface area contributed by atoms with Crippen molar-refractivity contribution in [3.63, 3.8) is 0 Å². The summed E-state index contributed by atoms with van der Waals surface area (Å²) in [5.41, 5.74) is 3.49. The van der Waals surface area contributed by atoms with Crippen LogP contribution in [0.25, 0.3) is 5.82 Å². The Labute approximate surface area is 194 Å². The molecule has 6 nitrogen and oxygen atoms in total. The van der Waals surface area contributed by atoms with E-state index in [1.54, 1.807) is 23.9 Å². The highest BCUT2D eigenvalue weighted by Gasteiger charge is 2.26. The average Bonchev–Trinajstić information content (AvgIpc) is 3.16. The van der Waals surface area contributed by atoms with Crippen molar-refractivity contribution in [3.05, 3.63) is 70.1 Å². The third kappa shape index (κ3) is 4.96. The Morgan fingerprint density at radius 1 is 1.12 bits per heavy atom. The molecule has 0 aliphatic carbocycles. The number of methoxy groups -OCH3 is 1. The van der Waals surface area contributed by atoms with Crippen molar-refractivity contribution in [2.75, 3.05) is 20.2 Å². The maximum Gasteiger partial charge on any atom is 0.274 e. The van der Waals surface area contributed by atoms with Gasteiger partial charge in [0.25, 0.3) is 5.91 Å². The molecule has 0 radical (unpaired) electrons. The molecule has 3 heterocycles. The first-order valence-electron chi connectivity index (χ1n) is 11.1. The number of carbonyl (C=O) groups excluding carboxylic acids is 1. The van der Waals surface area contributed by atoms with E-state index >= 15 is 0 Å². The molecule has 0 unspecified atom stereocenters. The number of benzene rings is 1. The Bertz CT molecular complexity index is 1090. The molecule has 168 valence electrons. The lowest BCUT2D eigenvalue weighted by Crippen LogP contribution is -2.39. The summed E-state index contributed by atoms with van der Waals surface area (Å²) in [5.74, 6) is 2.00. The molecule has 1 saturated heterocycles. The monoisotopic (exact) mass is 452 g/mol. The second kappa shape index (κ2) is 9.74. The minimum atomic E-state index is -0.105. The molecule has 1 aromatic carbocycles. The van der Waals surface area contributed by atoms with Gasteiger partial charge in [-0.25, -0.2) is 9.67 Å². The number of nitrogens with zero attached hydrogens (tertiary/aromatic N) is 4. The number of piperidine rings is 1. The highest BCUT2D eigenvalue weighted by atomic mass is 35.5. The lowest BCUT2D eigenvalue weighted by Gasteiger charge is -2.32. The van der Waals surface area contributed by atoms with E-state index in [9.17, 15) is 4.79 Å². The predicted molar refractivity (Wildman–Crippen MR) is 126 cm³/mol. The number of pyridine rings is 1. The van der Waals surface area contributed by atoms with Crippen LogP contribution in [0.3, 0.4) is 0 Å². The molecule has 0 saturated carbocycles. The van der Waals surface area contributed by atoms with E-state index < -0.39 is 0 Å². The van der Waals surface area contributed by atoms with Crippen molar-refractivity contribution >= 4 is 17.5 Å². The first kappa shape index (κ1) is 22.3. The van der Waals surface area contributed by atoms with Crippen LogP contribution in [0.5, 0.6) is 5.75 Å². The van der Waals surface area contributed by atoms with Crippen molar-refractivity contribution < 1.29 is 9.53 Å². The fourth-order valence-electron chi connectivity index (χ4n) is 4.30. The summed E-state index contributed by atoms with van der Waals surface area (Å²) in [6.45, 7) is 5.36. The van der Waals surface area contributed by atoms with Crippen molar-refractivity contribution in [2.24, 2.45) is 5.92 Å². The number of halogens is 1. The van der Waals surface area contributed by atoms with Crippen LogP contribution in [0.4, 0.5) is 0 Å². The molecule has 0 spiro atoms. The van der Waals surface area contributed by atoms with Gasteiger partial charge < -0.3 is 9.64 Å². The zero-order chi connectivity index (χ0) is 22.7. The number of ether oxygens (including phenoxy) is 1. The summed E-state index contributed by atoms with van der Waals surface area (Å²) in [5, 5.41) is 4.84. The van der Waals surface area contributed by atoms with Gasteiger partial charge in [-0.15, -0.1) is 0 Å². The predicted octanol–water partition coefficient (Wildman–Crippen LogP) is 5.03. The molecule has 2 aromatic heterocycles. The summed E-state index contributed by atoms with van der Waals surface area (Å²) in [4.78, 5) is 19.6.